The van der Waals surface area contributed by atoms with Crippen LogP contribution in [-0.4, -0.2) is 50.6 Å². The van der Waals surface area contributed by atoms with Crippen LogP contribution in [0.3, 0.4) is 0 Å². The number of aliphatic imine (C=N–C) groups is 2. The average Bonchev–Trinajstić information content (AvgIpc) is 3.93. The molecule has 5 aliphatic rings. The van der Waals surface area contributed by atoms with E-state index in [0.29, 0.717) is 18.2 Å². The number of carbonyl (C=O) groups excluding carboxylic acids is 1. The van der Waals surface area contributed by atoms with Crippen LogP contribution in [0.1, 0.15) is 79.8 Å². The summed E-state index contributed by atoms with van der Waals surface area (Å²) in [6.07, 6.45) is 9.49. The van der Waals surface area contributed by atoms with Crippen LogP contribution >= 0.6 is 11.8 Å². The number of aromatic nitrogens is 2. The molecule has 2 aliphatic heterocycles. The van der Waals surface area contributed by atoms with Gasteiger partial charge in [-0.3, -0.25) is 19.7 Å². The first-order chi connectivity index (χ1) is 25.4. The molecule has 1 aromatic heterocycles. The predicted molar refractivity (Wildman–Crippen MR) is 209 cm³/mol. The molecule has 2 spiro atoms. The molecule has 2 unspecified atom stereocenters. The van der Waals surface area contributed by atoms with E-state index in [9.17, 15) is 0 Å². The molecule has 8 heteroatoms. The standard InChI is InChI=1S/C44H43N5O2S/c1-28-22-33(46-38-9-5-4-8-36(38)29(28)2)27-52-42-48-44(41(50)49(42)26-34-25-45-39-10-6-7-11-40(39)47-34)37-23-31(15-14-30-12-13-30)16-17-32(37)24-43(44)20-18-35(51-3)19-21-43/h4-11,16-17,23,25,28,30,35H,2,12-13,18-22,24,26-27H2,1,3H3. The molecule has 0 radical (unpaired) electrons. The Labute approximate surface area is 310 Å². The normalized spacial score (nSPS) is 26.5. The molecule has 0 N–H and O–H groups in total. The highest BCUT2D eigenvalue weighted by Crippen LogP contribution is 2.62. The number of nitrogens with zero attached hydrogens (tertiary/aromatic N) is 5. The van der Waals surface area contributed by atoms with Crippen LogP contribution in [0.15, 0.2) is 89.5 Å². The second kappa shape index (κ2) is 13.1. The van der Waals surface area contributed by atoms with Gasteiger partial charge in [0.25, 0.3) is 5.91 Å². The summed E-state index contributed by atoms with van der Waals surface area (Å²) in [4.78, 5) is 38.0. The topological polar surface area (TPSA) is 80.0 Å². The monoisotopic (exact) mass is 705 g/mol. The molecule has 52 heavy (non-hydrogen) atoms. The summed E-state index contributed by atoms with van der Waals surface area (Å²) in [7, 11) is 1.80. The van der Waals surface area contributed by atoms with Crippen molar-refractivity contribution in [1.29, 1.82) is 0 Å². The van der Waals surface area contributed by atoms with Crippen molar-refractivity contribution in [2.24, 2.45) is 27.2 Å². The number of ether oxygens (including phenoxy) is 1. The lowest BCUT2D eigenvalue weighted by Gasteiger charge is -2.45. The van der Waals surface area contributed by atoms with Gasteiger partial charge in [0.15, 0.2) is 10.7 Å². The van der Waals surface area contributed by atoms with Crippen LogP contribution in [0.25, 0.3) is 16.6 Å². The van der Waals surface area contributed by atoms with Crippen molar-refractivity contribution < 1.29 is 9.53 Å². The highest BCUT2D eigenvalue weighted by atomic mass is 32.2. The van der Waals surface area contributed by atoms with Gasteiger partial charge >= 0.3 is 0 Å². The van der Waals surface area contributed by atoms with Gasteiger partial charge in [0.2, 0.25) is 0 Å². The number of carbonyl (C=O) groups is 1. The molecule has 9 rings (SSSR count). The van der Waals surface area contributed by atoms with E-state index >= 15 is 4.79 Å². The number of allylic oxidation sites excluding steroid dienone is 1. The minimum Gasteiger partial charge on any atom is -0.381 e. The number of methoxy groups -OCH3 is 1. The minimum atomic E-state index is -1.05. The van der Waals surface area contributed by atoms with Gasteiger partial charge in [0.05, 0.1) is 41.3 Å². The van der Waals surface area contributed by atoms with Gasteiger partial charge in [-0.05, 0) is 104 Å². The summed E-state index contributed by atoms with van der Waals surface area (Å²) in [6, 6.07) is 22.7. The lowest BCUT2D eigenvalue weighted by atomic mass is 9.61. The lowest BCUT2D eigenvalue weighted by Crippen LogP contribution is -2.51. The van der Waals surface area contributed by atoms with Crippen molar-refractivity contribution in [3.05, 3.63) is 107 Å². The first kappa shape index (κ1) is 33.3. The van der Waals surface area contributed by atoms with Crippen molar-refractivity contribution in [3.8, 4) is 11.8 Å². The largest absolute Gasteiger partial charge is 0.381 e. The molecule has 3 aromatic carbocycles. The first-order valence-electron chi connectivity index (χ1n) is 18.6. The summed E-state index contributed by atoms with van der Waals surface area (Å²) in [5, 5.41) is 0.724. The molecule has 0 saturated heterocycles. The number of hydrogen-bond donors (Lipinski definition) is 0. The van der Waals surface area contributed by atoms with Crippen LogP contribution in [0, 0.1) is 29.1 Å². The molecule has 1 amide bonds. The number of amides is 1. The Morgan fingerprint density at radius 3 is 2.62 bits per heavy atom. The highest BCUT2D eigenvalue weighted by molar-refractivity contribution is 8.14. The van der Waals surface area contributed by atoms with E-state index in [-0.39, 0.29) is 23.3 Å². The van der Waals surface area contributed by atoms with Gasteiger partial charge in [-0.1, -0.05) is 73.5 Å². The summed E-state index contributed by atoms with van der Waals surface area (Å²) in [6.45, 7) is 6.95. The fourth-order valence-electron chi connectivity index (χ4n) is 8.83. The van der Waals surface area contributed by atoms with Gasteiger partial charge in [-0.2, -0.15) is 0 Å². The van der Waals surface area contributed by atoms with E-state index in [1.807, 2.05) is 35.2 Å². The molecule has 2 fully saturated rings. The van der Waals surface area contributed by atoms with E-state index in [1.54, 1.807) is 25.1 Å². The van der Waals surface area contributed by atoms with E-state index in [4.69, 9.17) is 24.7 Å². The SMILES string of the molecule is C=C1c2ccccc2N=C(CSC2=NC3(C(=O)N2Cc2cnc4ccccc4n2)c2cc(C#CC4CC4)ccc2CC32CCC(OC)CC2)CC1C. The smallest absolute Gasteiger partial charge is 0.262 e. The molecular formula is C44H43N5O2S. The van der Waals surface area contributed by atoms with Crippen molar-refractivity contribution >= 4 is 50.8 Å². The average molecular weight is 706 g/mol. The Kier molecular flexibility index (Phi) is 8.40. The molecule has 3 aliphatic carbocycles. The van der Waals surface area contributed by atoms with Gasteiger partial charge in [-0.25, -0.2) is 9.98 Å². The van der Waals surface area contributed by atoms with Gasteiger partial charge in [0.1, 0.15) is 0 Å². The van der Waals surface area contributed by atoms with Crippen LogP contribution in [0.4, 0.5) is 5.69 Å². The highest BCUT2D eigenvalue weighted by Gasteiger charge is 2.67. The number of para-hydroxylation sites is 3. The quantitative estimate of drug-likeness (QED) is 0.194. The zero-order valence-corrected chi connectivity index (χ0v) is 30.7. The fraction of sp³-hybridized carbons (Fsp3) is 0.386. The summed E-state index contributed by atoms with van der Waals surface area (Å²) in [5.74, 6) is 8.28. The zero-order valence-electron chi connectivity index (χ0n) is 29.9. The van der Waals surface area contributed by atoms with Crippen LogP contribution in [0.2, 0.25) is 0 Å². The number of thioether (sulfide) groups is 1. The van der Waals surface area contributed by atoms with Gasteiger partial charge in [-0.15, -0.1) is 0 Å². The fourth-order valence-corrected chi connectivity index (χ4v) is 9.82. The second-order valence-corrected chi connectivity index (χ2v) is 16.2. The van der Waals surface area contributed by atoms with Gasteiger partial charge < -0.3 is 4.74 Å². The van der Waals surface area contributed by atoms with Gasteiger partial charge in [0, 0.05) is 41.0 Å². The van der Waals surface area contributed by atoms with Crippen molar-refractivity contribution in [2.75, 3.05) is 12.9 Å². The Hall–Kier alpha value is -4.58. The molecule has 3 heterocycles. The van der Waals surface area contributed by atoms with Crippen molar-refractivity contribution in [3.63, 3.8) is 0 Å². The number of hydrogen-bond acceptors (Lipinski definition) is 7. The van der Waals surface area contributed by atoms with E-state index in [2.05, 4.69) is 61.7 Å². The Balaban J connectivity index is 1.14. The maximum atomic E-state index is 15.6. The minimum absolute atomic E-state index is 0.0294. The Morgan fingerprint density at radius 1 is 1.02 bits per heavy atom. The van der Waals surface area contributed by atoms with Crippen LogP contribution in [0.5, 0.6) is 0 Å². The number of amidine groups is 1. The van der Waals surface area contributed by atoms with Crippen LogP contribution < -0.4 is 0 Å². The number of rotatable bonds is 5. The van der Waals surface area contributed by atoms with E-state index < -0.39 is 5.54 Å². The maximum Gasteiger partial charge on any atom is 0.262 e. The Bertz CT molecular complexity index is 2240. The third-order valence-electron chi connectivity index (χ3n) is 11.9. The van der Waals surface area contributed by atoms with Crippen molar-refractivity contribution in [1.82, 2.24) is 14.9 Å². The predicted octanol–water partition coefficient (Wildman–Crippen LogP) is 8.68. The molecule has 0 bridgehead atoms. The Morgan fingerprint density at radius 2 is 1.81 bits per heavy atom. The van der Waals surface area contributed by atoms with Crippen molar-refractivity contribution in [2.45, 2.75) is 76.5 Å². The molecule has 2 atom stereocenters. The third-order valence-corrected chi connectivity index (χ3v) is 13.0. The molecule has 2 saturated carbocycles. The van der Waals surface area contributed by atoms with Crippen LogP contribution in [-0.2, 0) is 28.0 Å². The third kappa shape index (κ3) is 5.70. The summed E-state index contributed by atoms with van der Waals surface area (Å²) >= 11 is 1.62. The molecule has 7 nitrogen and oxygen atoms in total. The summed E-state index contributed by atoms with van der Waals surface area (Å²) < 4.78 is 5.85. The number of fused-ring (bicyclic) bond motifs is 5. The van der Waals surface area contributed by atoms with E-state index in [0.717, 1.165) is 94.1 Å². The maximum absolute atomic E-state index is 15.6. The lowest BCUT2D eigenvalue weighted by molar-refractivity contribution is -0.138. The number of benzene rings is 3. The molecule has 4 aromatic rings. The zero-order chi connectivity index (χ0) is 35.5. The second-order valence-electron chi connectivity index (χ2n) is 15.3. The molecular weight excluding hydrogens is 663 g/mol. The molecule has 262 valence electrons. The first-order valence-corrected chi connectivity index (χ1v) is 19.6. The summed E-state index contributed by atoms with van der Waals surface area (Å²) in [5.41, 5.74) is 8.41. The van der Waals surface area contributed by atoms with E-state index in [1.165, 1.54) is 18.4 Å².